The highest BCUT2D eigenvalue weighted by Gasteiger charge is 2.48. The van der Waals surface area contributed by atoms with Gasteiger partial charge in [0.15, 0.2) is 11.7 Å². The van der Waals surface area contributed by atoms with Gasteiger partial charge in [0, 0.05) is 19.4 Å². The smallest absolute Gasteiger partial charge is 0.255 e. The summed E-state index contributed by atoms with van der Waals surface area (Å²) in [6.07, 6.45) is 7.34. The van der Waals surface area contributed by atoms with Crippen molar-refractivity contribution in [3.8, 4) is 0 Å². The third-order valence-corrected chi connectivity index (χ3v) is 3.48. The van der Waals surface area contributed by atoms with Gasteiger partial charge in [0.2, 0.25) is 0 Å². The summed E-state index contributed by atoms with van der Waals surface area (Å²) in [6.45, 7) is 2.35. The van der Waals surface area contributed by atoms with Crippen molar-refractivity contribution >= 4 is 5.91 Å². The monoisotopic (exact) mass is 279 g/mol. The van der Waals surface area contributed by atoms with E-state index in [2.05, 4.69) is 4.98 Å². The molecule has 0 aromatic carbocycles. The van der Waals surface area contributed by atoms with E-state index in [0.29, 0.717) is 5.82 Å². The molecule has 0 saturated carbocycles. The molecule has 1 amide bonds. The minimum Gasteiger partial charge on any atom is -0.379 e. The number of carbonyl (C=O) groups is 1. The van der Waals surface area contributed by atoms with Crippen molar-refractivity contribution in [1.29, 1.82) is 0 Å². The maximum Gasteiger partial charge on any atom is 0.255 e. The number of aliphatic hydroxyl groups is 2. The fraction of sp³-hybridized carbons (Fsp3) is 0.571. The lowest BCUT2D eigenvalue weighted by Gasteiger charge is -2.46. The van der Waals surface area contributed by atoms with Crippen molar-refractivity contribution in [3.63, 3.8) is 0 Å². The molecule has 1 saturated heterocycles. The molecule has 0 radical (unpaired) electrons. The van der Waals surface area contributed by atoms with Gasteiger partial charge in [-0.3, -0.25) is 4.79 Å². The zero-order valence-electron chi connectivity index (χ0n) is 11.9. The van der Waals surface area contributed by atoms with Gasteiger partial charge in [-0.25, -0.2) is 4.98 Å². The lowest BCUT2D eigenvalue weighted by Crippen LogP contribution is -2.63. The van der Waals surface area contributed by atoms with E-state index in [4.69, 9.17) is 0 Å². The lowest BCUT2D eigenvalue weighted by molar-refractivity contribution is -0.165. The molecule has 110 valence electrons. The van der Waals surface area contributed by atoms with Crippen LogP contribution in [0.3, 0.4) is 0 Å². The number of carbonyl (C=O) groups excluding carboxylic acids is 1. The van der Waals surface area contributed by atoms with Gasteiger partial charge in [-0.1, -0.05) is 25.5 Å². The molecule has 1 atom stereocenters. The summed E-state index contributed by atoms with van der Waals surface area (Å²) in [4.78, 5) is 17.5. The second-order valence-electron chi connectivity index (χ2n) is 5.25. The van der Waals surface area contributed by atoms with Gasteiger partial charge in [-0.2, -0.15) is 0 Å². The molecular weight excluding hydrogens is 258 g/mol. The number of hydrogen-bond acceptors (Lipinski definition) is 4. The number of aliphatic hydroxyl groups excluding tert-OH is 1. The third kappa shape index (κ3) is 2.76. The predicted molar refractivity (Wildman–Crippen MR) is 73.7 cm³/mol. The van der Waals surface area contributed by atoms with Crippen LogP contribution in [0.1, 0.15) is 25.6 Å². The summed E-state index contributed by atoms with van der Waals surface area (Å²) in [5, 5.41) is 20.1. The molecule has 0 bridgehead atoms. The molecule has 2 heterocycles. The number of aryl methyl sites for hydroxylation is 1. The van der Waals surface area contributed by atoms with Crippen molar-refractivity contribution in [1.82, 2.24) is 14.5 Å². The molecular formula is C14H21N3O3. The summed E-state index contributed by atoms with van der Waals surface area (Å²) in [5.74, 6) is 0.161. The Morgan fingerprint density at radius 1 is 1.60 bits per heavy atom. The largest absolute Gasteiger partial charge is 0.379 e. The van der Waals surface area contributed by atoms with Gasteiger partial charge in [-0.05, 0) is 6.42 Å². The maximum atomic E-state index is 11.9. The zero-order valence-corrected chi connectivity index (χ0v) is 11.9. The first-order chi connectivity index (χ1) is 9.48. The molecule has 2 N–H and O–H groups in total. The number of allylic oxidation sites excluding steroid dienone is 1. The minimum atomic E-state index is -1.13. The van der Waals surface area contributed by atoms with E-state index < -0.39 is 11.7 Å². The molecule has 20 heavy (non-hydrogen) atoms. The highest BCUT2D eigenvalue weighted by atomic mass is 16.3. The van der Waals surface area contributed by atoms with Crippen molar-refractivity contribution in [3.05, 3.63) is 30.4 Å². The summed E-state index contributed by atoms with van der Waals surface area (Å²) in [5.41, 5.74) is -1.11. The number of nitrogens with zero attached hydrogens (tertiary/aromatic N) is 3. The van der Waals surface area contributed by atoms with Crippen LogP contribution < -0.4 is 0 Å². The van der Waals surface area contributed by atoms with Crippen molar-refractivity contribution in [2.24, 2.45) is 7.05 Å². The topological polar surface area (TPSA) is 78.6 Å². The first kappa shape index (κ1) is 14.7. The standard InChI is InChI=1S/C14H21N3O3/c1-3-4-5-6-11(18)12(19)17-9-14(20,10-17)13-15-7-8-16(13)2/h5-8,11,18,20H,3-4,9-10H2,1-2H3/b6-5+. The minimum absolute atomic E-state index is 0.162. The molecule has 6 nitrogen and oxygen atoms in total. The number of imidazole rings is 1. The average molecular weight is 279 g/mol. The number of likely N-dealkylation sites (tertiary alicyclic amines) is 1. The Hall–Kier alpha value is -1.66. The van der Waals surface area contributed by atoms with Gasteiger partial charge in [0.25, 0.3) is 5.91 Å². The van der Waals surface area contributed by atoms with E-state index in [0.717, 1.165) is 12.8 Å². The zero-order chi connectivity index (χ0) is 14.8. The van der Waals surface area contributed by atoms with Crippen LogP contribution in [0.5, 0.6) is 0 Å². The molecule has 1 fully saturated rings. The Morgan fingerprint density at radius 2 is 2.30 bits per heavy atom. The highest BCUT2D eigenvalue weighted by molar-refractivity contribution is 5.83. The molecule has 1 aromatic heterocycles. The Morgan fingerprint density at radius 3 is 2.85 bits per heavy atom. The molecule has 0 spiro atoms. The quantitative estimate of drug-likeness (QED) is 0.753. The molecule has 6 heteroatoms. The number of hydrogen-bond donors (Lipinski definition) is 2. The highest BCUT2D eigenvalue weighted by Crippen LogP contribution is 2.30. The first-order valence-electron chi connectivity index (χ1n) is 6.81. The van der Waals surface area contributed by atoms with Crippen molar-refractivity contribution in [2.75, 3.05) is 13.1 Å². The molecule has 1 aliphatic heterocycles. The van der Waals surface area contributed by atoms with Gasteiger partial charge < -0.3 is 19.7 Å². The van der Waals surface area contributed by atoms with Gasteiger partial charge in [0.05, 0.1) is 13.1 Å². The van der Waals surface area contributed by atoms with Gasteiger partial charge in [0.1, 0.15) is 5.82 Å². The second kappa shape index (κ2) is 5.76. The number of β-amino-alcohol motifs (C(OH)–C–C–N with tert-alkyl or cyclic N) is 1. The van der Waals surface area contributed by atoms with Crippen LogP contribution in [0, 0.1) is 0 Å². The Balaban J connectivity index is 1.92. The average Bonchev–Trinajstić information content (AvgIpc) is 2.81. The lowest BCUT2D eigenvalue weighted by atomic mass is 9.92. The second-order valence-corrected chi connectivity index (χ2v) is 5.25. The third-order valence-electron chi connectivity index (χ3n) is 3.48. The fourth-order valence-electron chi connectivity index (χ4n) is 2.36. The normalized spacial score (nSPS) is 19.1. The van der Waals surface area contributed by atoms with E-state index in [-0.39, 0.29) is 19.0 Å². The summed E-state index contributed by atoms with van der Waals surface area (Å²) in [7, 11) is 1.80. The maximum absolute atomic E-state index is 11.9. The number of amides is 1. The Kier molecular flexibility index (Phi) is 4.25. The van der Waals surface area contributed by atoms with Crippen LogP contribution in [-0.4, -0.2) is 49.8 Å². The molecule has 1 aliphatic rings. The van der Waals surface area contributed by atoms with E-state index >= 15 is 0 Å². The molecule has 1 unspecified atom stereocenters. The van der Waals surface area contributed by atoms with Crippen molar-refractivity contribution in [2.45, 2.75) is 31.5 Å². The fourth-order valence-corrected chi connectivity index (χ4v) is 2.36. The van der Waals surface area contributed by atoms with Crippen LogP contribution in [0.25, 0.3) is 0 Å². The summed E-state index contributed by atoms with van der Waals surface area (Å²) >= 11 is 0. The van der Waals surface area contributed by atoms with Crippen LogP contribution in [0.4, 0.5) is 0 Å². The van der Waals surface area contributed by atoms with Crippen LogP contribution in [0.2, 0.25) is 0 Å². The number of unbranched alkanes of at least 4 members (excludes halogenated alkanes) is 1. The summed E-state index contributed by atoms with van der Waals surface area (Å²) in [6, 6.07) is 0. The van der Waals surface area contributed by atoms with Crippen LogP contribution in [-0.2, 0) is 17.4 Å². The Bertz CT molecular complexity index is 504. The van der Waals surface area contributed by atoms with Crippen molar-refractivity contribution < 1.29 is 15.0 Å². The Labute approximate surface area is 118 Å². The van der Waals surface area contributed by atoms with E-state index in [1.165, 1.54) is 11.0 Å². The molecule has 0 aliphatic carbocycles. The first-order valence-corrected chi connectivity index (χ1v) is 6.81. The summed E-state index contributed by atoms with van der Waals surface area (Å²) < 4.78 is 1.74. The number of rotatable bonds is 5. The molecule has 1 aromatic rings. The SMILES string of the molecule is CCC/C=C/C(O)C(=O)N1CC(O)(c2nccn2C)C1. The van der Waals surface area contributed by atoms with E-state index in [1.54, 1.807) is 30.1 Å². The molecule has 2 rings (SSSR count). The van der Waals surface area contributed by atoms with E-state index in [9.17, 15) is 15.0 Å². The predicted octanol–water partition coefficient (Wildman–Crippen LogP) is 0.167. The van der Waals surface area contributed by atoms with Crippen LogP contribution >= 0.6 is 0 Å². The van der Waals surface area contributed by atoms with Gasteiger partial charge in [-0.15, -0.1) is 0 Å². The number of aromatic nitrogens is 2. The van der Waals surface area contributed by atoms with E-state index in [1.807, 2.05) is 6.92 Å². The van der Waals surface area contributed by atoms with Gasteiger partial charge >= 0.3 is 0 Å². The van der Waals surface area contributed by atoms with Crippen LogP contribution in [0.15, 0.2) is 24.5 Å².